The summed E-state index contributed by atoms with van der Waals surface area (Å²) in [6.45, 7) is 8.54. The first-order valence-electron chi connectivity index (χ1n) is 4.64. The minimum Gasteiger partial charge on any atom is -0.342 e. The molecule has 0 aromatic rings. The molecule has 0 spiro atoms. The zero-order chi connectivity index (χ0) is 10.1. The Bertz CT molecular complexity index is 247. The van der Waals surface area contributed by atoms with Crippen LogP contribution in [0, 0.1) is 5.92 Å². The summed E-state index contributed by atoms with van der Waals surface area (Å²) in [5.74, 6) is 0.857. The highest BCUT2D eigenvalue weighted by Crippen LogP contribution is 2.19. The van der Waals surface area contributed by atoms with Crippen molar-refractivity contribution in [2.24, 2.45) is 10.9 Å². The van der Waals surface area contributed by atoms with Gasteiger partial charge in [-0.1, -0.05) is 13.8 Å². The van der Waals surface area contributed by atoms with Gasteiger partial charge in [0.1, 0.15) is 5.54 Å². The average molecular weight is 183 g/mol. The summed E-state index contributed by atoms with van der Waals surface area (Å²) in [6.07, 6.45) is 0. The fourth-order valence-corrected chi connectivity index (χ4v) is 1.22. The van der Waals surface area contributed by atoms with Gasteiger partial charge in [0.05, 0.1) is 0 Å². The highest BCUT2D eigenvalue weighted by molar-refractivity contribution is 6.08. The van der Waals surface area contributed by atoms with Crippen LogP contribution in [-0.2, 0) is 4.79 Å². The second kappa shape index (κ2) is 3.36. The van der Waals surface area contributed by atoms with Crippen LogP contribution in [0.2, 0.25) is 0 Å². The SMILES string of the molecule is CCN=C1NC(=O)C(C)(C(C)C)N1. The number of rotatable bonds is 2. The third-order valence-corrected chi connectivity index (χ3v) is 2.55. The maximum absolute atomic E-state index is 11.6. The van der Waals surface area contributed by atoms with E-state index in [0.29, 0.717) is 12.5 Å². The van der Waals surface area contributed by atoms with E-state index in [1.54, 1.807) is 0 Å². The van der Waals surface area contributed by atoms with Crippen LogP contribution < -0.4 is 10.6 Å². The normalized spacial score (nSPS) is 30.8. The molecule has 0 radical (unpaired) electrons. The number of hydrogen-bond donors (Lipinski definition) is 2. The summed E-state index contributed by atoms with van der Waals surface area (Å²) in [5.41, 5.74) is -0.506. The average Bonchev–Trinajstić information content (AvgIpc) is 2.29. The standard InChI is InChI=1S/C9H17N3O/c1-5-10-8-11-7(13)9(4,12-8)6(2)3/h6H,5H2,1-4H3,(H2,10,11,12,13). The van der Waals surface area contributed by atoms with Gasteiger partial charge in [0, 0.05) is 6.54 Å². The minimum absolute atomic E-state index is 0.00898. The van der Waals surface area contributed by atoms with Gasteiger partial charge in [0.2, 0.25) is 0 Å². The Morgan fingerprint density at radius 1 is 1.54 bits per heavy atom. The zero-order valence-electron chi connectivity index (χ0n) is 8.64. The molecular weight excluding hydrogens is 166 g/mol. The van der Waals surface area contributed by atoms with E-state index in [0.717, 1.165) is 0 Å². The van der Waals surface area contributed by atoms with Crippen molar-refractivity contribution in [1.29, 1.82) is 0 Å². The molecule has 1 unspecified atom stereocenters. The van der Waals surface area contributed by atoms with Crippen molar-refractivity contribution in [2.75, 3.05) is 6.54 Å². The third kappa shape index (κ3) is 1.66. The number of hydrogen-bond acceptors (Lipinski definition) is 2. The molecule has 1 fully saturated rings. The summed E-state index contributed by atoms with van der Waals surface area (Å²) >= 11 is 0. The Labute approximate surface area is 78.8 Å². The van der Waals surface area contributed by atoms with E-state index in [9.17, 15) is 4.79 Å². The lowest BCUT2D eigenvalue weighted by atomic mass is 9.89. The van der Waals surface area contributed by atoms with Gasteiger partial charge in [-0.2, -0.15) is 0 Å². The molecule has 0 saturated carbocycles. The van der Waals surface area contributed by atoms with E-state index >= 15 is 0 Å². The first-order valence-corrected chi connectivity index (χ1v) is 4.64. The van der Waals surface area contributed by atoms with Crippen molar-refractivity contribution in [1.82, 2.24) is 10.6 Å². The Kier molecular flexibility index (Phi) is 2.59. The molecule has 0 aliphatic carbocycles. The zero-order valence-corrected chi connectivity index (χ0v) is 8.64. The summed E-state index contributed by atoms with van der Waals surface area (Å²) in [6, 6.07) is 0. The van der Waals surface area contributed by atoms with Crippen molar-refractivity contribution in [3.63, 3.8) is 0 Å². The molecule has 1 rings (SSSR count). The molecule has 4 nitrogen and oxygen atoms in total. The Morgan fingerprint density at radius 2 is 2.15 bits per heavy atom. The first-order chi connectivity index (χ1) is 6.00. The van der Waals surface area contributed by atoms with Crippen molar-refractivity contribution in [2.45, 2.75) is 33.2 Å². The van der Waals surface area contributed by atoms with Gasteiger partial charge in [-0.15, -0.1) is 0 Å². The molecule has 13 heavy (non-hydrogen) atoms. The maximum Gasteiger partial charge on any atom is 0.252 e. The number of nitrogens with zero attached hydrogens (tertiary/aromatic N) is 1. The van der Waals surface area contributed by atoms with E-state index in [1.807, 2.05) is 27.7 Å². The topological polar surface area (TPSA) is 53.5 Å². The molecule has 1 aliphatic heterocycles. The van der Waals surface area contributed by atoms with Crippen molar-refractivity contribution >= 4 is 11.9 Å². The van der Waals surface area contributed by atoms with Crippen LogP contribution in [0.5, 0.6) is 0 Å². The Hall–Kier alpha value is -1.06. The molecule has 0 aromatic carbocycles. The lowest BCUT2D eigenvalue weighted by Gasteiger charge is -2.25. The first kappa shape index (κ1) is 10.0. The van der Waals surface area contributed by atoms with E-state index < -0.39 is 5.54 Å². The molecular formula is C9H17N3O. The van der Waals surface area contributed by atoms with Crippen LogP contribution in [0.1, 0.15) is 27.7 Å². The van der Waals surface area contributed by atoms with Gasteiger partial charge < -0.3 is 5.32 Å². The molecule has 4 heteroatoms. The second-order valence-electron chi connectivity index (χ2n) is 3.76. The van der Waals surface area contributed by atoms with Gasteiger partial charge in [0.25, 0.3) is 5.91 Å². The number of amides is 1. The summed E-state index contributed by atoms with van der Waals surface area (Å²) in [4.78, 5) is 15.7. The lowest BCUT2D eigenvalue weighted by Crippen LogP contribution is -2.48. The van der Waals surface area contributed by atoms with Crippen LogP contribution >= 0.6 is 0 Å². The van der Waals surface area contributed by atoms with Gasteiger partial charge in [-0.25, -0.2) is 0 Å². The van der Waals surface area contributed by atoms with Crippen LogP contribution in [0.4, 0.5) is 0 Å². The number of carbonyl (C=O) groups is 1. The monoisotopic (exact) mass is 183 g/mol. The molecule has 2 N–H and O–H groups in total. The van der Waals surface area contributed by atoms with E-state index in [4.69, 9.17) is 0 Å². The van der Waals surface area contributed by atoms with Crippen LogP contribution in [0.15, 0.2) is 4.99 Å². The highest BCUT2D eigenvalue weighted by atomic mass is 16.2. The van der Waals surface area contributed by atoms with E-state index in [-0.39, 0.29) is 11.8 Å². The van der Waals surface area contributed by atoms with Crippen LogP contribution in [0.3, 0.4) is 0 Å². The predicted molar refractivity (Wildman–Crippen MR) is 52.5 cm³/mol. The van der Waals surface area contributed by atoms with E-state index in [1.165, 1.54) is 0 Å². The van der Waals surface area contributed by atoms with Gasteiger partial charge >= 0.3 is 0 Å². The van der Waals surface area contributed by atoms with E-state index in [2.05, 4.69) is 15.6 Å². The molecule has 1 amide bonds. The lowest BCUT2D eigenvalue weighted by molar-refractivity contribution is -0.124. The maximum atomic E-state index is 11.6. The number of aliphatic imine (C=N–C) groups is 1. The van der Waals surface area contributed by atoms with Gasteiger partial charge in [-0.05, 0) is 19.8 Å². The van der Waals surface area contributed by atoms with Crippen LogP contribution in [0.25, 0.3) is 0 Å². The number of nitrogens with one attached hydrogen (secondary N) is 2. The summed E-state index contributed by atoms with van der Waals surface area (Å²) in [5, 5.41) is 5.83. The predicted octanol–water partition coefficient (Wildman–Crippen LogP) is 0.496. The molecule has 1 atom stereocenters. The summed E-state index contributed by atoms with van der Waals surface area (Å²) < 4.78 is 0. The molecule has 1 saturated heterocycles. The molecule has 0 aromatic heterocycles. The quantitative estimate of drug-likeness (QED) is 0.655. The van der Waals surface area contributed by atoms with Crippen molar-refractivity contribution < 1.29 is 4.79 Å². The fourth-order valence-electron chi connectivity index (χ4n) is 1.22. The van der Waals surface area contributed by atoms with Gasteiger partial charge in [-0.3, -0.25) is 15.1 Å². The highest BCUT2D eigenvalue weighted by Gasteiger charge is 2.43. The number of guanidine groups is 1. The Morgan fingerprint density at radius 3 is 2.54 bits per heavy atom. The molecule has 1 aliphatic rings. The molecule has 1 heterocycles. The van der Waals surface area contributed by atoms with Crippen molar-refractivity contribution in [3.05, 3.63) is 0 Å². The molecule has 74 valence electrons. The van der Waals surface area contributed by atoms with Crippen molar-refractivity contribution in [3.8, 4) is 0 Å². The molecule has 0 bridgehead atoms. The number of carbonyl (C=O) groups excluding carboxylic acids is 1. The summed E-state index contributed by atoms with van der Waals surface area (Å²) in [7, 11) is 0. The largest absolute Gasteiger partial charge is 0.342 e. The smallest absolute Gasteiger partial charge is 0.252 e. The fraction of sp³-hybridized carbons (Fsp3) is 0.778. The third-order valence-electron chi connectivity index (χ3n) is 2.55. The Balaban J connectivity index is 2.83. The minimum atomic E-state index is -0.506. The van der Waals surface area contributed by atoms with Crippen LogP contribution in [-0.4, -0.2) is 24.0 Å². The van der Waals surface area contributed by atoms with Gasteiger partial charge in [0.15, 0.2) is 5.96 Å². The second-order valence-corrected chi connectivity index (χ2v) is 3.76.